The molecule has 4 heteroatoms. The van der Waals surface area contributed by atoms with Gasteiger partial charge >= 0.3 is 5.97 Å². The fourth-order valence-corrected chi connectivity index (χ4v) is 3.14. The van der Waals surface area contributed by atoms with E-state index in [-0.39, 0.29) is 6.04 Å². The summed E-state index contributed by atoms with van der Waals surface area (Å²) in [6, 6.07) is 0.281. The molecule has 1 unspecified atom stereocenters. The van der Waals surface area contributed by atoms with Crippen LogP contribution in [0.5, 0.6) is 0 Å². The summed E-state index contributed by atoms with van der Waals surface area (Å²) in [7, 11) is 0. The molecule has 1 saturated carbocycles. The van der Waals surface area contributed by atoms with Gasteiger partial charge in [-0.05, 0) is 19.3 Å². The summed E-state index contributed by atoms with van der Waals surface area (Å²) in [6.45, 7) is 4.23. The van der Waals surface area contributed by atoms with Crippen LogP contribution in [0.1, 0.15) is 39.0 Å². The molecule has 1 atom stereocenters. The Labute approximate surface area is 96.6 Å². The highest BCUT2D eigenvalue weighted by molar-refractivity contribution is 5.79. The maximum absolute atomic E-state index is 11.6. The number of ether oxygens (including phenoxy) is 1. The minimum absolute atomic E-state index is 0.281. The molecule has 4 nitrogen and oxygen atoms in total. The van der Waals surface area contributed by atoms with Gasteiger partial charge < -0.3 is 9.84 Å². The molecule has 0 bridgehead atoms. The molecule has 1 N–H and O–H groups in total. The summed E-state index contributed by atoms with van der Waals surface area (Å²) in [5.41, 5.74) is -0.593. The third-order valence-corrected chi connectivity index (χ3v) is 4.08. The average Bonchev–Trinajstić information content (AvgIpc) is 2.79. The Morgan fingerprint density at radius 1 is 1.50 bits per heavy atom. The fourth-order valence-electron chi connectivity index (χ4n) is 3.14. The second-order valence-corrected chi connectivity index (χ2v) is 4.87. The van der Waals surface area contributed by atoms with Crippen molar-refractivity contribution in [3.8, 4) is 0 Å². The number of aliphatic carboxylic acids is 1. The molecular formula is C12H21NO3. The molecule has 2 fully saturated rings. The maximum Gasteiger partial charge on any atom is 0.324 e. The first-order chi connectivity index (χ1) is 7.70. The van der Waals surface area contributed by atoms with E-state index in [0.717, 1.165) is 38.6 Å². The van der Waals surface area contributed by atoms with Crippen molar-refractivity contribution in [1.82, 2.24) is 4.90 Å². The van der Waals surface area contributed by atoms with Gasteiger partial charge in [-0.2, -0.15) is 0 Å². The number of rotatable bonds is 3. The smallest absolute Gasteiger partial charge is 0.324 e. The topological polar surface area (TPSA) is 49.8 Å². The standard InChI is InChI=1S/C12H21NO3/c1-2-10-9-16-8-7-13(10)12(11(14)15)5-3-4-6-12/h10H,2-9H2,1H3,(H,14,15). The zero-order valence-corrected chi connectivity index (χ0v) is 9.95. The Morgan fingerprint density at radius 3 is 2.75 bits per heavy atom. The summed E-state index contributed by atoms with van der Waals surface area (Å²) >= 11 is 0. The van der Waals surface area contributed by atoms with Gasteiger partial charge in [0.05, 0.1) is 13.2 Å². The van der Waals surface area contributed by atoms with E-state index in [4.69, 9.17) is 4.74 Å². The lowest BCUT2D eigenvalue weighted by Gasteiger charge is -2.45. The van der Waals surface area contributed by atoms with Crippen molar-refractivity contribution in [3.63, 3.8) is 0 Å². The highest BCUT2D eigenvalue weighted by atomic mass is 16.5. The summed E-state index contributed by atoms with van der Waals surface area (Å²) in [5, 5.41) is 9.55. The number of hydrogen-bond acceptors (Lipinski definition) is 3. The van der Waals surface area contributed by atoms with E-state index in [0.29, 0.717) is 13.2 Å². The second-order valence-electron chi connectivity index (χ2n) is 4.87. The number of nitrogens with zero attached hydrogens (tertiary/aromatic N) is 1. The maximum atomic E-state index is 11.6. The molecule has 0 aromatic carbocycles. The zero-order chi connectivity index (χ0) is 11.6. The van der Waals surface area contributed by atoms with Crippen LogP contribution in [0, 0.1) is 0 Å². The molecule has 1 saturated heterocycles. The predicted molar refractivity (Wildman–Crippen MR) is 60.4 cm³/mol. The minimum atomic E-state index is -0.634. The summed E-state index contributed by atoms with van der Waals surface area (Å²) in [6.07, 6.45) is 4.66. The average molecular weight is 227 g/mol. The molecule has 16 heavy (non-hydrogen) atoms. The third-order valence-electron chi connectivity index (χ3n) is 4.08. The molecule has 2 rings (SSSR count). The summed E-state index contributed by atoms with van der Waals surface area (Å²) in [4.78, 5) is 13.8. The number of carboxylic acid groups (broad SMARTS) is 1. The number of morpholine rings is 1. The van der Waals surface area contributed by atoms with Gasteiger partial charge in [-0.25, -0.2) is 0 Å². The summed E-state index contributed by atoms with van der Waals surface area (Å²) < 4.78 is 5.45. The highest BCUT2D eigenvalue weighted by Gasteiger charge is 2.49. The lowest BCUT2D eigenvalue weighted by molar-refractivity contribution is -0.159. The minimum Gasteiger partial charge on any atom is -0.480 e. The molecule has 0 amide bonds. The van der Waals surface area contributed by atoms with Crippen molar-refractivity contribution < 1.29 is 14.6 Å². The van der Waals surface area contributed by atoms with Crippen molar-refractivity contribution in [2.75, 3.05) is 19.8 Å². The lowest BCUT2D eigenvalue weighted by Crippen LogP contribution is -2.60. The second kappa shape index (κ2) is 4.72. The van der Waals surface area contributed by atoms with Crippen LogP contribution >= 0.6 is 0 Å². The number of carbonyl (C=O) groups is 1. The van der Waals surface area contributed by atoms with Crippen LogP contribution in [-0.2, 0) is 9.53 Å². The first kappa shape index (κ1) is 11.9. The quantitative estimate of drug-likeness (QED) is 0.793. The summed E-state index contributed by atoms with van der Waals surface area (Å²) in [5.74, 6) is -0.634. The first-order valence-corrected chi connectivity index (χ1v) is 6.28. The van der Waals surface area contributed by atoms with E-state index < -0.39 is 11.5 Å². The van der Waals surface area contributed by atoms with Crippen LogP contribution in [0.2, 0.25) is 0 Å². The molecule has 92 valence electrons. The fraction of sp³-hybridized carbons (Fsp3) is 0.917. The highest BCUT2D eigenvalue weighted by Crippen LogP contribution is 2.38. The first-order valence-electron chi connectivity index (χ1n) is 6.28. The largest absolute Gasteiger partial charge is 0.480 e. The monoisotopic (exact) mass is 227 g/mol. The number of carboxylic acids is 1. The Kier molecular flexibility index (Phi) is 3.50. The molecule has 0 spiro atoms. The van der Waals surface area contributed by atoms with Gasteiger partial charge in [0.25, 0.3) is 0 Å². The van der Waals surface area contributed by atoms with Crippen molar-refractivity contribution in [1.29, 1.82) is 0 Å². The molecule has 0 aromatic heterocycles. The van der Waals surface area contributed by atoms with E-state index in [1.807, 2.05) is 0 Å². The van der Waals surface area contributed by atoms with Crippen molar-refractivity contribution in [3.05, 3.63) is 0 Å². The van der Waals surface area contributed by atoms with E-state index in [1.165, 1.54) is 0 Å². The molecule has 1 aliphatic heterocycles. The van der Waals surface area contributed by atoms with Gasteiger partial charge in [-0.1, -0.05) is 19.8 Å². The van der Waals surface area contributed by atoms with Crippen molar-refractivity contribution in [2.45, 2.75) is 50.6 Å². The Balaban J connectivity index is 2.20. The van der Waals surface area contributed by atoms with Crippen LogP contribution < -0.4 is 0 Å². The van der Waals surface area contributed by atoms with Crippen LogP contribution in [0.15, 0.2) is 0 Å². The van der Waals surface area contributed by atoms with Crippen LogP contribution in [-0.4, -0.2) is 47.3 Å². The molecule has 0 aromatic rings. The zero-order valence-electron chi connectivity index (χ0n) is 9.95. The molecule has 0 radical (unpaired) electrons. The van der Waals surface area contributed by atoms with Gasteiger partial charge in [0, 0.05) is 12.6 Å². The Morgan fingerprint density at radius 2 is 2.19 bits per heavy atom. The Bertz CT molecular complexity index is 261. The van der Waals surface area contributed by atoms with E-state index in [1.54, 1.807) is 0 Å². The van der Waals surface area contributed by atoms with Gasteiger partial charge in [0.1, 0.15) is 5.54 Å². The third kappa shape index (κ3) is 1.84. The molecule has 2 aliphatic rings. The van der Waals surface area contributed by atoms with E-state index in [9.17, 15) is 9.90 Å². The predicted octanol–water partition coefficient (Wildman–Crippen LogP) is 1.49. The van der Waals surface area contributed by atoms with E-state index >= 15 is 0 Å². The van der Waals surface area contributed by atoms with Crippen LogP contribution in [0.3, 0.4) is 0 Å². The van der Waals surface area contributed by atoms with Gasteiger partial charge in [-0.15, -0.1) is 0 Å². The van der Waals surface area contributed by atoms with Gasteiger partial charge in [0.2, 0.25) is 0 Å². The van der Waals surface area contributed by atoms with E-state index in [2.05, 4.69) is 11.8 Å². The van der Waals surface area contributed by atoms with Crippen molar-refractivity contribution >= 4 is 5.97 Å². The molecule has 1 aliphatic carbocycles. The van der Waals surface area contributed by atoms with Gasteiger partial charge in [0.15, 0.2) is 0 Å². The Hall–Kier alpha value is -0.610. The van der Waals surface area contributed by atoms with Crippen molar-refractivity contribution in [2.24, 2.45) is 0 Å². The SMILES string of the molecule is CCC1COCCN1C1(C(=O)O)CCCC1. The van der Waals surface area contributed by atoms with Crippen LogP contribution in [0.25, 0.3) is 0 Å². The lowest BCUT2D eigenvalue weighted by atomic mass is 9.92. The molecule has 1 heterocycles. The number of hydrogen-bond donors (Lipinski definition) is 1. The van der Waals surface area contributed by atoms with Crippen LogP contribution in [0.4, 0.5) is 0 Å². The van der Waals surface area contributed by atoms with Gasteiger partial charge in [-0.3, -0.25) is 9.69 Å². The normalized spacial score (nSPS) is 30.4. The molecular weight excluding hydrogens is 206 g/mol.